The molecule has 1 aromatic carbocycles. The van der Waals surface area contributed by atoms with E-state index >= 15 is 0 Å². The van der Waals surface area contributed by atoms with E-state index in [1.165, 1.54) is 5.56 Å². The van der Waals surface area contributed by atoms with Crippen LogP contribution >= 0.6 is 0 Å². The maximum atomic E-state index is 3.82. The quantitative estimate of drug-likeness (QED) is 0.520. The van der Waals surface area contributed by atoms with Crippen LogP contribution in [0, 0.1) is 18.4 Å². The molecule has 0 N–H and O–H groups in total. The minimum atomic E-state index is -1.73. The average Bonchev–Trinajstić information content (AvgIpc) is 2.28. The molecule has 0 saturated carbocycles. The van der Waals surface area contributed by atoms with E-state index in [0.29, 0.717) is 0 Å². The molecule has 0 aliphatic heterocycles. The lowest BCUT2D eigenvalue weighted by Gasteiger charge is -2.07. The Morgan fingerprint density at radius 3 is 2.13 bits per heavy atom. The fraction of sp³-hybridized carbons (Fsp3) is 0.143. The Labute approximate surface area is 93.4 Å². The molecule has 1 heteroatoms. The van der Waals surface area contributed by atoms with E-state index in [0.717, 1.165) is 5.56 Å². The Hall–Kier alpha value is -1.52. The third kappa shape index (κ3) is 3.27. The van der Waals surface area contributed by atoms with Gasteiger partial charge in [0, 0.05) is 5.56 Å². The van der Waals surface area contributed by atoms with Crippen LogP contribution in [-0.4, -0.2) is 8.07 Å². The van der Waals surface area contributed by atoms with E-state index in [-0.39, 0.29) is 0 Å². The minimum absolute atomic E-state index is 1.06. The van der Waals surface area contributed by atoms with E-state index in [4.69, 9.17) is 0 Å². The van der Waals surface area contributed by atoms with Crippen molar-refractivity contribution in [1.82, 2.24) is 0 Å². The Kier molecular flexibility index (Phi) is 3.71. The maximum Gasteiger partial charge on any atom is 0.181 e. The van der Waals surface area contributed by atoms with Crippen molar-refractivity contribution in [2.75, 3.05) is 0 Å². The van der Waals surface area contributed by atoms with E-state index in [9.17, 15) is 0 Å². The van der Waals surface area contributed by atoms with Crippen molar-refractivity contribution < 1.29 is 0 Å². The first kappa shape index (κ1) is 11.6. The Morgan fingerprint density at radius 1 is 1.13 bits per heavy atom. The number of benzene rings is 1. The van der Waals surface area contributed by atoms with Crippen LogP contribution in [0.3, 0.4) is 0 Å². The zero-order valence-electron chi connectivity index (χ0n) is 9.38. The van der Waals surface area contributed by atoms with Gasteiger partial charge in [0.2, 0.25) is 0 Å². The smallest absolute Gasteiger partial charge is 0.116 e. The minimum Gasteiger partial charge on any atom is -0.116 e. The highest BCUT2D eigenvalue weighted by Gasteiger charge is 2.14. The molecule has 0 aromatic heterocycles. The van der Waals surface area contributed by atoms with E-state index < -0.39 is 8.07 Å². The first-order valence-corrected chi connectivity index (χ1v) is 7.62. The van der Waals surface area contributed by atoms with Crippen molar-refractivity contribution in [3.05, 3.63) is 59.9 Å². The summed E-state index contributed by atoms with van der Waals surface area (Å²) >= 11 is 0. The predicted molar refractivity (Wildman–Crippen MR) is 70.1 cm³/mol. The summed E-state index contributed by atoms with van der Waals surface area (Å²) in [6.07, 6.45) is 0. The molecule has 15 heavy (non-hydrogen) atoms. The van der Waals surface area contributed by atoms with Gasteiger partial charge in [0.25, 0.3) is 0 Å². The number of aryl methyl sites for hydroxylation is 1. The molecule has 0 heterocycles. The van der Waals surface area contributed by atoms with Crippen LogP contribution in [0.4, 0.5) is 0 Å². The van der Waals surface area contributed by atoms with Gasteiger partial charge in [-0.25, -0.2) is 0 Å². The monoisotopic (exact) mass is 212 g/mol. The lowest BCUT2D eigenvalue weighted by molar-refractivity contribution is 1.46. The topological polar surface area (TPSA) is 0 Å². The van der Waals surface area contributed by atoms with Gasteiger partial charge in [0.15, 0.2) is 8.07 Å². The summed E-state index contributed by atoms with van der Waals surface area (Å²) in [5.41, 5.74) is 9.49. The normalized spacial score (nSPS) is 10.0. The van der Waals surface area contributed by atoms with Crippen LogP contribution in [0.2, 0.25) is 6.55 Å². The van der Waals surface area contributed by atoms with Crippen LogP contribution in [-0.2, 0) is 0 Å². The molecule has 0 bridgehead atoms. The van der Waals surface area contributed by atoms with Crippen LogP contribution in [0.5, 0.6) is 0 Å². The SMILES string of the molecule is C=C[Si](C)(C#Cc1ccc(C)cc1)C=C. The molecular weight excluding hydrogens is 196 g/mol. The van der Waals surface area contributed by atoms with Crippen molar-refractivity contribution in [3.63, 3.8) is 0 Å². The molecule has 0 spiro atoms. The van der Waals surface area contributed by atoms with Gasteiger partial charge < -0.3 is 0 Å². The van der Waals surface area contributed by atoms with Crippen LogP contribution in [0.15, 0.2) is 48.8 Å². The Bertz CT molecular complexity index is 407. The van der Waals surface area contributed by atoms with Crippen molar-refractivity contribution in [1.29, 1.82) is 0 Å². The largest absolute Gasteiger partial charge is 0.181 e. The molecular formula is C14H16Si. The number of hydrogen-bond acceptors (Lipinski definition) is 0. The van der Waals surface area contributed by atoms with E-state index in [1.54, 1.807) is 0 Å². The summed E-state index contributed by atoms with van der Waals surface area (Å²) in [6.45, 7) is 11.8. The van der Waals surface area contributed by atoms with Gasteiger partial charge in [0.05, 0.1) is 0 Å². The Balaban J connectivity index is 2.95. The summed E-state index contributed by atoms with van der Waals surface area (Å²) < 4.78 is 0. The van der Waals surface area contributed by atoms with Crippen LogP contribution < -0.4 is 0 Å². The maximum absolute atomic E-state index is 3.82. The summed E-state index contributed by atoms with van der Waals surface area (Å²) in [5, 5.41) is 0. The van der Waals surface area contributed by atoms with Crippen molar-refractivity contribution in [2.24, 2.45) is 0 Å². The first-order valence-electron chi connectivity index (χ1n) is 4.97. The van der Waals surface area contributed by atoms with Crippen molar-refractivity contribution >= 4 is 8.07 Å². The van der Waals surface area contributed by atoms with Gasteiger partial charge in [0.1, 0.15) is 0 Å². The fourth-order valence-electron chi connectivity index (χ4n) is 1.03. The summed E-state index contributed by atoms with van der Waals surface area (Å²) in [5.74, 6) is 3.18. The van der Waals surface area contributed by atoms with Crippen molar-refractivity contribution in [2.45, 2.75) is 13.5 Å². The van der Waals surface area contributed by atoms with Gasteiger partial charge in [-0.3, -0.25) is 0 Å². The fourth-order valence-corrected chi connectivity index (χ4v) is 1.81. The van der Waals surface area contributed by atoms with Gasteiger partial charge in [-0.15, -0.1) is 18.7 Å². The zero-order valence-corrected chi connectivity index (χ0v) is 10.4. The number of hydrogen-bond donors (Lipinski definition) is 0. The van der Waals surface area contributed by atoms with E-state index in [2.05, 4.69) is 50.2 Å². The highest BCUT2D eigenvalue weighted by molar-refractivity contribution is 6.94. The van der Waals surface area contributed by atoms with Crippen LogP contribution in [0.25, 0.3) is 0 Å². The van der Waals surface area contributed by atoms with Gasteiger partial charge in [-0.2, -0.15) is 0 Å². The standard InChI is InChI=1S/C14H16Si/c1-5-15(4,6-2)12-11-14-9-7-13(3)8-10-14/h5-10H,1-2H2,3-4H3. The highest BCUT2D eigenvalue weighted by Crippen LogP contribution is 2.05. The molecule has 0 aliphatic carbocycles. The first-order chi connectivity index (χ1) is 7.09. The van der Waals surface area contributed by atoms with Gasteiger partial charge >= 0.3 is 0 Å². The predicted octanol–water partition coefficient (Wildman–Crippen LogP) is 3.41. The molecule has 0 saturated heterocycles. The molecule has 76 valence electrons. The van der Waals surface area contributed by atoms with Crippen LogP contribution in [0.1, 0.15) is 11.1 Å². The third-order valence-electron chi connectivity index (χ3n) is 2.38. The Morgan fingerprint density at radius 2 is 1.67 bits per heavy atom. The molecule has 0 aliphatic rings. The molecule has 0 amide bonds. The van der Waals surface area contributed by atoms with Crippen molar-refractivity contribution in [3.8, 4) is 11.5 Å². The van der Waals surface area contributed by atoms with Gasteiger partial charge in [-0.05, 0) is 19.1 Å². The highest BCUT2D eigenvalue weighted by atomic mass is 28.3. The second-order valence-corrected chi connectivity index (χ2v) is 7.44. The molecule has 0 unspecified atom stereocenters. The molecule has 1 rings (SSSR count). The second-order valence-electron chi connectivity index (χ2n) is 3.81. The summed E-state index contributed by atoms with van der Waals surface area (Å²) in [7, 11) is -1.73. The lowest BCUT2D eigenvalue weighted by atomic mass is 10.2. The molecule has 0 radical (unpaired) electrons. The summed E-state index contributed by atoms with van der Waals surface area (Å²) in [4.78, 5) is 0. The van der Waals surface area contributed by atoms with Gasteiger partial charge in [-0.1, -0.05) is 41.6 Å². The zero-order chi connectivity index (χ0) is 11.3. The molecule has 0 nitrogen and oxygen atoms in total. The third-order valence-corrected chi connectivity index (χ3v) is 4.74. The summed E-state index contributed by atoms with van der Waals surface area (Å²) in [6, 6.07) is 8.24. The second kappa shape index (κ2) is 4.81. The average molecular weight is 212 g/mol. The van der Waals surface area contributed by atoms with E-state index in [1.807, 2.05) is 23.5 Å². The lowest BCUT2D eigenvalue weighted by Crippen LogP contribution is -2.21. The number of rotatable bonds is 2. The molecule has 0 fully saturated rings. The molecule has 0 atom stereocenters. The molecule has 1 aromatic rings.